The second-order valence-corrected chi connectivity index (χ2v) is 13.5. The van der Waals surface area contributed by atoms with E-state index < -0.39 is 25.5 Å². The fourth-order valence-corrected chi connectivity index (χ4v) is 5.84. The molecule has 196 valence electrons. The number of pyridine rings is 4. The SMILES string of the molecule is CS(=O)(=O)c1cncc(C(=O)NCc2cc3nc(-c4cccc(N5CCS(=N)(=O)CC5)n4)ccc3cn2)c1. The van der Waals surface area contributed by atoms with Gasteiger partial charge in [-0.15, -0.1) is 0 Å². The van der Waals surface area contributed by atoms with Crippen molar-refractivity contribution < 1.29 is 17.4 Å². The van der Waals surface area contributed by atoms with Crippen LogP contribution in [0.3, 0.4) is 0 Å². The van der Waals surface area contributed by atoms with E-state index in [2.05, 4.69) is 15.3 Å². The van der Waals surface area contributed by atoms with Crippen LogP contribution in [-0.2, 0) is 26.1 Å². The molecule has 4 aromatic rings. The number of amides is 1. The van der Waals surface area contributed by atoms with E-state index in [1.807, 2.05) is 35.2 Å². The summed E-state index contributed by atoms with van der Waals surface area (Å²) in [5, 5.41) is 3.56. The van der Waals surface area contributed by atoms with E-state index in [9.17, 15) is 17.4 Å². The first-order valence-corrected chi connectivity index (χ1v) is 15.5. The van der Waals surface area contributed by atoms with Crippen molar-refractivity contribution in [1.29, 1.82) is 4.78 Å². The first kappa shape index (κ1) is 25.7. The van der Waals surface area contributed by atoms with E-state index >= 15 is 0 Å². The molecular weight excluding hydrogens is 526 g/mol. The molecule has 1 aliphatic heterocycles. The summed E-state index contributed by atoms with van der Waals surface area (Å²) in [6, 6.07) is 12.5. The number of rotatable bonds is 6. The lowest BCUT2D eigenvalue weighted by atomic mass is 10.2. The van der Waals surface area contributed by atoms with Crippen molar-refractivity contribution >= 4 is 42.2 Å². The van der Waals surface area contributed by atoms with E-state index in [0.717, 1.165) is 17.5 Å². The molecule has 0 radical (unpaired) electrons. The van der Waals surface area contributed by atoms with Gasteiger partial charge in [0.1, 0.15) is 5.82 Å². The molecule has 38 heavy (non-hydrogen) atoms. The lowest BCUT2D eigenvalue weighted by Gasteiger charge is -2.29. The molecule has 0 atom stereocenters. The van der Waals surface area contributed by atoms with Gasteiger partial charge in [0, 0.05) is 64.6 Å². The van der Waals surface area contributed by atoms with Crippen LogP contribution in [0.4, 0.5) is 5.82 Å². The minimum Gasteiger partial charge on any atom is -0.355 e. The third kappa shape index (κ3) is 5.78. The monoisotopic (exact) mass is 551 g/mol. The Kier molecular flexibility index (Phi) is 6.80. The molecule has 0 bridgehead atoms. The molecular formula is C25H25N7O4S2. The summed E-state index contributed by atoms with van der Waals surface area (Å²) in [5.41, 5.74) is 2.76. The fourth-order valence-electron chi connectivity index (χ4n) is 4.02. The average Bonchev–Trinajstić information content (AvgIpc) is 2.91. The molecule has 0 aliphatic carbocycles. The number of fused-ring (bicyclic) bond motifs is 1. The Hall–Kier alpha value is -3.97. The number of nitrogens with zero attached hydrogens (tertiary/aromatic N) is 5. The van der Waals surface area contributed by atoms with Gasteiger partial charge in [-0.05, 0) is 36.4 Å². The molecule has 0 aromatic carbocycles. The summed E-state index contributed by atoms with van der Waals surface area (Å²) in [7, 11) is -5.97. The molecule has 1 amide bonds. The predicted octanol–water partition coefficient (Wildman–Crippen LogP) is 2.29. The number of nitrogens with one attached hydrogen (secondary N) is 2. The van der Waals surface area contributed by atoms with Crippen molar-refractivity contribution in [2.24, 2.45) is 0 Å². The van der Waals surface area contributed by atoms with Gasteiger partial charge in [0.15, 0.2) is 9.84 Å². The number of carbonyl (C=O) groups excluding carboxylic acids is 1. The highest BCUT2D eigenvalue weighted by Crippen LogP contribution is 2.23. The van der Waals surface area contributed by atoms with Crippen LogP contribution in [0.15, 0.2) is 66.0 Å². The number of aromatic nitrogens is 4. The number of sulfone groups is 1. The lowest BCUT2D eigenvalue weighted by molar-refractivity contribution is 0.0950. The first-order valence-electron chi connectivity index (χ1n) is 11.7. The third-order valence-electron chi connectivity index (χ3n) is 6.17. The van der Waals surface area contributed by atoms with Crippen LogP contribution >= 0.6 is 0 Å². The molecule has 0 saturated carbocycles. The fraction of sp³-hybridized carbons (Fsp3) is 0.240. The molecule has 2 N–H and O–H groups in total. The van der Waals surface area contributed by atoms with Gasteiger partial charge in [-0.25, -0.2) is 22.6 Å². The summed E-state index contributed by atoms with van der Waals surface area (Å²) >= 11 is 0. The normalized spacial score (nSPS) is 15.3. The Labute approximate surface area is 220 Å². The first-order chi connectivity index (χ1) is 18.1. The highest BCUT2D eigenvalue weighted by Gasteiger charge is 2.20. The Morgan fingerprint density at radius 2 is 1.82 bits per heavy atom. The van der Waals surface area contributed by atoms with E-state index in [1.165, 1.54) is 18.5 Å². The van der Waals surface area contributed by atoms with E-state index in [0.29, 0.717) is 47.2 Å². The van der Waals surface area contributed by atoms with Crippen molar-refractivity contribution in [3.63, 3.8) is 0 Å². The zero-order valence-corrected chi connectivity index (χ0v) is 22.1. The van der Waals surface area contributed by atoms with Crippen LogP contribution in [0, 0.1) is 4.78 Å². The predicted molar refractivity (Wildman–Crippen MR) is 144 cm³/mol. The third-order valence-corrected chi connectivity index (χ3v) is 8.93. The molecule has 1 saturated heterocycles. The summed E-state index contributed by atoms with van der Waals surface area (Å²) in [6.45, 7) is 1.17. The highest BCUT2D eigenvalue weighted by atomic mass is 32.2. The number of hydrogen-bond acceptors (Lipinski definition) is 10. The standard InChI is InChI=1S/C25H25N7O4S2/c1-37(34,35)20-11-18(13-27-16-20)25(33)29-15-19-12-23-17(14-28-19)5-6-22(30-23)21-3-2-4-24(31-21)32-7-9-38(26,36)10-8-32/h2-6,11-14,16,26H,7-10,15H2,1H3,(H,29,33). The van der Waals surface area contributed by atoms with Crippen molar-refractivity contribution in [1.82, 2.24) is 25.3 Å². The van der Waals surface area contributed by atoms with Gasteiger partial charge in [0.2, 0.25) is 0 Å². The van der Waals surface area contributed by atoms with Crippen LogP contribution in [0.25, 0.3) is 22.3 Å². The Bertz CT molecular complexity index is 1740. The van der Waals surface area contributed by atoms with E-state index in [1.54, 1.807) is 12.3 Å². The van der Waals surface area contributed by atoms with Gasteiger partial charge in [-0.3, -0.25) is 19.5 Å². The van der Waals surface area contributed by atoms with Crippen molar-refractivity contribution in [2.45, 2.75) is 11.4 Å². The lowest BCUT2D eigenvalue weighted by Crippen LogP contribution is -2.40. The Morgan fingerprint density at radius 1 is 1.05 bits per heavy atom. The second kappa shape index (κ2) is 10.1. The quantitative estimate of drug-likeness (QED) is 0.366. The van der Waals surface area contributed by atoms with Gasteiger partial charge in [-0.1, -0.05) is 6.07 Å². The highest BCUT2D eigenvalue weighted by molar-refractivity contribution is 7.92. The number of carbonyl (C=O) groups is 1. The minimum absolute atomic E-state index is 0.0281. The minimum atomic E-state index is -3.48. The smallest absolute Gasteiger partial charge is 0.253 e. The van der Waals surface area contributed by atoms with Crippen LogP contribution in [0.1, 0.15) is 16.1 Å². The molecule has 5 rings (SSSR count). The van der Waals surface area contributed by atoms with Crippen molar-refractivity contribution in [3.05, 3.63) is 72.3 Å². The van der Waals surface area contributed by atoms with Gasteiger partial charge >= 0.3 is 0 Å². The average molecular weight is 552 g/mol. The molecule has 1 aliphatic rings. The van der Waals surface area contributed by atoms with Crippen LogP contribution in [0.2, 0.25) is 0 Å². The maximum absolute atomic E-state index is 12.6. The topological polar surface area (TPSA) is 159 Å². The molecule has 5 heterocycles. The zero-order chi connectivity index (χ0) is 26.9. The van der Waals surface area contributed by atoms with Gasteiger partial charge < -0.3 is 10.2 Å². The van der Waals surface area contributed by atoms with Gasteiger partial charge in [-0.2, -0.15) is 0 Å². The largest absolute Gasteiger partial charge is 0.355 e. The van der Waals surface area contributed by atoms with Gasteiger partial charge in [0.25, 0.3) is 5.91 Å². The molecule has 1 fully saturated rings. The Balaban J connectivity index is 1.33. The number of anilines is 1. The van der Waals surface area contributed by atoms with Crippen molar-refractivity contribution in [3.8, 4) is 11.4 Å². The zero-order valence-electron chi connectivity index (χ0n) is 20.5. The maximum atomic E-state index is 12.6. The van der Waals surface area contributed by atoms with Crippen LogP contribution < -0.4 is 10.2 Å². The second-order valence-electron chi connectivity index (χ2n) is 9.02. The summed E-state index contributed by atoms with van der Waals surface area (Å²) in [5.74, 6) is 0.955. The molecule has 0 unspecified atom stereocenters. The number of hydrogen-bond donors (Lipinski definition) is 2. The molecule has 4 aromatic heterocycles. The molecule has 11 nitrogen and oxygen atoms in total. The van der Waals surface area contributed by atoms with Crippen LogP contribution in [0.5, 0.6) is 0 Å². The van der Waals surface area contributed by atoms with Crippen molar-refractivity contribution in [2.75, 3.05) is 35.8 Å². The summed E-state index contributed by atoms with van der Waals surface area (Å²) in [4.78, 5) is 32.3. The Morgan fingerprint density at radius 3 is 2.58 bits per heavy atom. The molecule has 0 spiro atoms. The summed E-state index contributed by atoms with van der Waals surface area (Å²) in [6.07, 6.45) is 5.24. The van der Waals surface area contributed by atoms with E-state index in [-0.39, 0.29) is 17.0 Å². The van der Waals surface area contributed by atoms with Gasteiger partial charge in [0.05, 0.1) is 39.6 Å². The summed E-state index contributed by atoms with van der Waals surface area (Å²) < 4.78 is 43.3. The van der Waals surface area contributed by atoms with E-state index in [4.69, 9.17) is 14.7 Å². The van der Waals surface area contributed by atoms with Crippen LogP contribution in [-0.4, -0.2) is 69.3 Å². The molecule has 13 heteroatoms. The maximum Gasteiger partial charge on any atom is 0.253 e.